The number of carbonyl (C=O) groups excluding carboxylic acids is 2. The second-order valence-corrected chi connectivity index (χ2v) is 6.47. The maximum atomic E-state index is 13.4. The fourth-order valence-corrected chi connectivity index (χ4v) is 3.10. The number of carbonyl (C=O) groups is 2. The highest BCUT2D eigenvalue weighted by atomic mass is 19.1. The molecule has 0 aliphatic carbocycles. The van der Waals surface area contributed by atoms with Crippen LogP contribution in [-0.4, -0.2) is 52.4 Å². The van der Waals surface area contributed by atoms with E-state index in [1.807, 2.05) is 17.8 Å². The number of nitrogens with zero attached hydrogens (tertiary/aromatic N) is 3. The minimum atomic E-state index is -0.313. The van der Waals surface area contributed by atoms with Crippen LogP contribution in [0, 0.1) is 12.7 Å². The molecule has 5 nitrogen and oxygen atoms in total. The predicted molar refractivity (Wildman–Crippen MR) is 93.0 cm³/mol. The maximum absolute atomic E-state index is 13.4. The number of hydrogen-bond donors (Lipinski definition) is 0. The van der Waals surface area contributed by atoms with Gasteiger partial charge in [-0.3, -0.25) is 9.59 Å². The first-order valence-electron chi connectivity index (χ1n) is 8.42. The Labute approximate surface area is 146 Å². The quantitative estimate of drug-likeness (QED) is 0.841. The van der Waals surface area contributed by atoms with Crippen molar-refractivity contribution in [3.63, 3.8) is 0 Å². The third-order valence-electron chi connectivity index (χ3n) is 4.55. The third kappa shape index (κ3) is 3.73. The molecular formula is C19H22FN3O2. The van der Waals surface area contributed by atoms with Gasteiger partial charge in [0.1, 0.15) is 5.82 Å². The summed E-state index contributed by atoms with van der Waals surface area (Å²) in [6.45, 7) is 3.84. The van der Waals surface area contributed by atoms with Gasteiger partial charge in [0.2, 0.25) is 0 Å². The van der Waals surface area contributed by atoms with Crippen LogP contribution in [0.5, 0.6) is 0 Å². The number of aryl methyl sites for hydroxylation is 2. The summed E-state index contributed by atoms with van der Waals surface area (Å²) in [5.41, 5.74) is 1.61. The zero-order valence-electron chi connectivity index (χ0n) is 14.5. The van der Waals surface area contributed by atoms with Crippen molar-refractivity contribution in [3.05, 3.63) is 59.2 Å². The third-order valence-corrected chi connectivity index (χ3v) is 4.55. The van der Waals surface area contributed by atoms with Gasteiger partial charge in [-0.15, -0.1) is 0 Å². The Morgan fingerprint density at radius 3 is 2.16 bits per heavy atom. The fourth-order valence-electron chi connectivity index (χ4n) is 3.10. The van der Waals surface area contributed by atoms with Crippen LogP contribution in [0.1, 0.15) is 32.7 Å². The van der Waals surface area contributed by atoms with Gasteiger partial charge in [-0.25, -0.2) is 4.39 Å². The highest BCUT2D eigenvalue weighted by Crippen LogP contribution is 2.15. The number of aromatic nitrogens is 1. The van der Waals surface area contributed by atoms with Crippen molar-refractivity contribution >= 4 is 11.8 Å². The summed E-state index contributed by atoms with van der Waals surface area (Å²) < 4.78 is 15.2. The molecule has 0 unspecified atom stereocenters. The standard InChI is InChI=1S/C19H22FN3O2/c1-14-12-15(4-5-17(14)20)18(24)22-7-3-8-23(11-10-22)19(25)16-6-9-21(2)13-16/h4-6,9,12-13H,3,7-8,10-11H2,1-2H3. The molecule has 1 aliphatic rings. The lowest BCUT2D eigenvalue weighted by atomic mass is 10.1. The van der Waals surface area contributed by atoms with E-state index in [1.54, 1.807) is 35.1 Å². The van der Waals surface area contributed by atoms with Crippen molar-refractivity contribution in [1.29, 1.82) is 0 Å². The van der Waals surface area contributed by atoms with Crippen LogP contribution >= 0.6 is 0 Å². The highest BCUT2D eigenvalue weighted by molar-refractivity contribution is 5.95. The number of amides is 2. The van der Waals surface area contributed by atoms with Gasteiger partial charge in [-0.05, 0) is 43.2 Å². The van der Waals surface area contributed by atoms with E-state index < -0.39 is 0 Å². The molecule has 0 saturated carbocycles. The first-order chi connectivity index (χ1) is 12.0. The molecule has 0 radical (unpaired) electrons. The van der Waals surface area contributed by atoms with Gasteiger partial charge in [0.25, 0.3) is 11.8 Å². The predicted octanol–water partition coefficient (Wildman–Crippen LogP) is 2.46. The Hall–Kier alpha value is -2.63. The first kappa shape index (κ1) is 17.2. The van der Waals surface area contributed by atoms with Gasteiger partial charge in [0.05, 0.1) is 5.56 Å². The van der Waals surface area contributed by atoms with Crippen molar-refractivity contribution in [2.45, 2.75) is 13.3 Å². The van der Waals surface area contributed by atoms with Gasteiger partial charge in [-0.2, -0.15) is 0 Å². The first-order valence-corrected chi connectivity index (χ1v) is 8.42. The Kier molecular flexibility index (Phi) is 4.88. The number of hydrogen-bond acceptors (Lipinski definition) is 2. The Balaban J connectivity index is 1.67. The van der Waals surface area contributed by atoms with Gasteiger partial charge in [-0.1, -0.05) is 0 Å². The molecule has 1 fully saturated rings. The van der Waals surface area contributed by atoms with Crippen molar-refractivity contribution < 1.29 is 14.0 Å². The zero-order valence-corrected chi connectivity index (χ0v) is 14.5. The number of benzene rings is 1. The molecule has 1 aromatic carbocycles. The molecule has 3 rings (SSSR count). The fraction of sp³-hybridized carbons (Fsp3) is 0.368. The van der Waals surface area contributed by atoms with Crippen LogP contribution in [0.15, 0.2) is 36.7 Å². The second-order valence-electron chi connectivity index (χ2n) is 6.47. The minimum absolute atomic E-state index is 0.00692. The molecule has 0 N–H and O–H groups in total. The smallest absolute Gasteiger partial charge is 0.255 e. The Morgan fingerprint density at radius 2 is 1.60 bits per heavy atom. The van der Waals surface area contributed by atoms with E-state index in [1.165, 1.54) is 12.1 Å². The lowest BCUT2D eigenvalue weighted by Gasteiger charge is -2.22. The van der Waals surface area contributed by atoms with Gasteiger partial charge in [0, 0.05) is 51.2 Å². The van der Waals surface area contributed by atoms with Gasteiger partial charge < -0.3 is 14.4 Å². The van der Waals surface area contributed by atoms with Crippen LogP contribution in [-0.2, 0) is 7.05 Å². The average molecular weight is 343 g/mol. The summed E-state index contributed by atoms with van der Waals surface area (Å²) in [7, 11) is 1.88. The SMILES string of the molecule is Cc1cc(C(=O)N2CCCN(C(=O)c3ccn(C)c3)CC2)ccc1F. The minimum Gasteiger partial charge on any atom is -0.356 e. The largest absolute Gasteiger partial charge is 0.356 e. The summed E-state index contributed by atoms with van der Waals surface area (Å²) in [6, 6.07) is 6.22. The van der Waals surface area contributed by atoms with Crippen molar-refractivity contribution in [2.24, 2.45) is 7.05 Å². The molecule has 132 valence electrons. The van der Waals surface area contributed by atoms with E-state index in [0.29, 0.717) is 42.9 Å². The summed E-state index contributed by atoms with van der Waals surface area (Å²) in [4.78, 5) is 28.8. The Bertz CT molecular complexity index is 800. The molecule has 2 heterocycles. The normalized spacial score (nSPS) is 15.2. The summed E-state index contributed by atoms with van der Waals surface area (Å²) in [6.07, 6.45) is 4.37. The van der Waals surface area contributed by atoms with Crippen LogP contribution < -0.4 is 0 Å². The number of rotatable bonds is 2. The second kappa shape index (κ2) is 7.09. The molecular weight excluding hydrogens is 321 g/mol. The lowest BCUT2D eigenvalue weighted by Crippen LogP contribution is -2.37. The zero-order chi connectivity index (χ0) is 18.0. The molecule has 0 atom stereocenters. The highest BCUT2D eigenvalue weighted by Gasteiger charge is 2.24. The van der Waals surface area contributed by atoms with Gasteiger partial charge >= 0.3 is 0 Å². The summed E-state index contributed by atoms with van der Waals surface area (Å²) in [5, 5.41) is 0. The van der Waals surface area contributed by atoms with E-state index in [4.69, 9.17) is 0 Å². The monoisotopic (exact) mass is 343 g/mol. The van der Waals surface area contributed by atoms with E-state index in [-0.39, 0.29) is 17.6 Å². The van der Waals surface area contributed by atoms with Crippen molar-refractivity contribution in [3.8, 4) is 0 Å². The molecule has 1 aromatic heterocycles. The summed E-state index contributed by atoms with van der Waals surface area (Å²) in [5.74, 6) is -0.434. The molecule has 0 spiro atoms. The molecule has 2 aromatic rings. The molecule has 0 bridgehead atoms. The van der Waals surface area contributed by atoms with Crippen LogP contribution in [0.4, 0.5) is 4.39 Å². The van der Waals surface area contributed by atoms with E-state index in [2.05, 4.69) is 0 Å². The summed E-state index contributed by atoms with van der Waals surface area (Å²) >= 11 is 0. The average Bonchev–Trinajstić information content (AvgIpc) is 2.89. The topological polar surface area (TPSA) is 45.6 Å². The van der Waals surface area contributed by atoms with Crippen LogP contribution in [0.3, 0.4) is 0 Å². The molecule has 1 saturated heterocycles. The van der Waals surface area contributed by atoms with E-state index >= 15 is 0 Å². The van der Waals surface area contributed by atoms with E-state index in [0.717, 1.165) is 6.42 Å². The maximum Gasteiger partial charge on any atom is 0.255 e. The van der Waals surface area contributed by atoms with Crippen molar-refractivity contribution in [1.82, 2.24) is 14.4 Å². The van der Waals surface area contributed by atoms with E-state index in [9.17, 15) is 14.0 Å². The Morgan fingerprint density at radius 1 is 0.960 bits per heavy atom. The molecule has 25 heavy (non-hydrogen) atoms. The van der Waals surface area contributed by atoms with Crippen LogP contribution in [0.2, 0.25) is 0 Å². The van der Waals surface area contributed by atoms with Crippen molar-refractivity contribution in [2.75, 3.05) is 26.2 Å². The molecule has 6 heteroatoms. The van der Waals surface area contributed by atoms with Gasteiger partial charge in [0.15, 0.2) is 0 Å². The molecule has 2 amide bonds. The lowest BCUT2D eigenvalue weighted by molar-refractivity contribution is 0.0718. The molecule has 1 aliphatic heterocycles. The van der Waals surface area contributed by atoms with Crippen LogP contribution in [0.25, 0.3) is 0 Å². The number of halogens is 1.